The van der Waals surface area contributed by atoms with Crippen molar-refractivity contribution in [3.63, 3.8) is 0 Å². The lowest BCUT2D eigenvalue weighted by Crippen LogP contribution is -2.51. The molecular weight excluding hydrogens is 506 g/mol. The fraction of sp³-hybridized carbons (Fsp3) is 0.357. The average Bonchev–Trinajstić information content (AvgIpc) is 3.68. The molecule has 1 aromatic carbocycles. The predicted molar refractivity (Wildman–Crippen MR) is 141 cm³/mol. The van der Waals surface area contributed by atoms with Crippen molar-refractivity contribution in [1.82, 2.24) is 29.7 Å². The molecule has 2 N–H and O–H groups in total. The minimum atomic E-state index is -1.07. The number of amides is 1. The molecule has 1 aliphatic carbocycles. The van der Waals surface area contributed by atoms with Crippen LogP contribution >= 0.6 is 0 Å². The molecule has 0 radical (unpaired) electrons. The van der Waals surface area contributed by atoms with Gasteiger partial charge >= 0.3 is 0 Å². The quantitative estimate of drug-likeness (QED) is 0.319. The highest BCUT2D eigenvalue weighted by Crippen LogP contribution is 2.41. The number of carbonyl (C=O) groups excluding carboxylic acids is 1. The third-order valence-corrected chi connectivity index (χ3v) is 7.12. The number of pyridine rings is 1. The Morgan fingerprint density at radius 2 is 2.03 bits per heavy atom. The van der Waals surface area contributed by atoms with E-state index in [2.05, 4.69) is 15.3 Å². The van der Waals surface area contributed by atoms with E-state index in [1.54, 1.807) is 19.2 Å². The minimum Gasteiger partial charge on any atom is -0.383 e. The lowest BCUT2D eigenvalue weighted by Gasteiger charge is -2.34. The number of halogens is 2. The maximum atomic E-state index is 14.2. The van der Waals surface area contributed by atoms with Gasteiger partial charge < -0.3 is 19.9 Å². The Morgan fingerprint density at radius 1 is 1.21 bits per heavy atom. The third-order valence-electron chi connectivity index (χ3n) is 7.12. The molecule has 0 bridgehead atoms. The summed E-state index contributed by atoms with van der Waals surface area (Å²) in [7, 11) is 1.64. The van der Waals surface area contributed by atoms with E-state index in [0.29, 0.717) is 47.7 Å². The Bertz CT molecular complexity index is 1610. The number of likely N-dealkylation sites (tertiary alicyclic amines) is 1. The summed E-state index contributed by atoms with van der Waals surface area (Å²) in [4.78, 5) is 40.4. The number of benzene rings is 1. The number of carbonyl (C=O) groups is 1. The topological polar surface area (TPSA) is 105 Å². The van der Waals surface area contributed by atoms with Crippen LogP contribution in [0, 0.1) is 5.82 Å². The first-order valence-electron chi connectivity index (χ1n) is 13.0. The zero-order valence-electron chi connectivity index (χ0n) is 21.4. The number of nitrogens with one attached hydrogen (secondary N) is 2. The van der Waals surface area contributed by atoms with E-state index in [1.165, 1.54) is 27.9 Å². The van der Waals surface area contributed by atoms with Crippen molar-refractivity contribution in [2.75, 3.05) is 33.4 Å². The average molecular weight is 535 g/mol. The van der Waals surface area contributed by atoms with Crippen LogP contribution in [0.15, 0.2) is 47.5 Å². The standard InChI is InChI=1S/C28H28F2N6O3/c1-39-7-6-31-12-20-11-24-26(33-20)28(38)36(15-32-24)25-9-17(8-23(34-25)16-2-3-16)21-5-4-18(29)10-22(21)27(37)35-13-19(30)14-35/h4-5,8-11,15-16,19,31,33H,2-3,6-7,12-14H2,1H3. The molecule has 1 saturated carbocycles. The number of aromatic nitrogens is 4. The summed E-state index contributed by atoms with van der Waals surface area (Å²) >= 11 is 0. The Labute approximate surface area is 222 Å². The zero-order chi connectivity index (χ0) is 27.1. The minimum absolute atomic E-state index is 0.00911. The van der Waals surface area contributed by atoms with Crippen molar-refractivity contribution in [1.29, 1.82) is 0 Å². The second-order valence-corrected chi connectivity index (χ2v) is 10.1. The second kappa shape index (κ2) is 10.3. The van der Waals surface area contributed by atoms with Crippen LogP contribution in [0.3, 0.4) is 0 Å². The van der Waals surface area contributed by atoms with E-state index in [1.807, 2.05) is 12.1 Å². The van der Waals surface area contributed by atoms with Crippen LogP contribution in [0.5, 0.6) is 0 Å². The number of rotatable bonds is 9. The third kappa shape index (κ3) is 5.07. The van der Waals surface area contributed by atoms with E-state index in [-0.39, 0.29) is 30.1 Å². The van der Waals surface area contributed by atoms with Gasteiger partial charge in [-0.15, -0.1) is 0 Å². The van der Waals surface area contributed by atoms with Gasteiger partial charge in [0.05, 0.1) is 30.8 Å². The molecule has 3 aromatic heterocycles. The van der Waals surface area contributed by atoms with Crippen LogP contribution in [0.25, 0.3) is 28.0 Å². The van der Waals surface area contributed by atoms with Gasteiger partial charge in [0.25, 0.3) is 11.5 Å². The van der Waals surface area contributed by atoms with Gasteiger partial charge in [0.15, 0.2) is 0 Å². The van der Waals surface area contributed by atoms with Crippen LogP contribution in [-0.2, 0) is 11.3 Å². The van der Waals surface area contributed by atoms with Gasteiger partial charge in [-0.1, -0.05) is 6.07 Å². The molecule has 2 fully saturated rings. The summed E-state index contributed by atoms with van der Waals surface area (Å²) in [6.45, 7) is 1.76. The first-order chi connectivity index (χ1) is 18.9. The number of hydrogen-bond donors (Lipinski definition) is 2. The van der Waals surface area contributed by atoms with Crippen molar-refractivity contribution < 1.29 is 18.3 Å². The number of H-pyrrole nitrogens is 1. The van der Waals surface area contributed by atoms with Crippen LogP contribution in [0.1, 0.15) is 40.5 Å². The normalized spacial score (nSPS) is 15.6. The Morgan fingerprint density at radius 3 is 2.77 bits per heavy atom. The summed E-state index contributed by atoms with van der Waals surface area (Å²) in [6, 6.07) is 9.43. The van der Waals surface area contributed by atoms with Gasteiger partial charge in [0.1, 0.15) is 29.7 Å². The number of nitrogens with zero attached hydrogens (tertiary/aromatic N) is 4. The summed E-state index contributed by atoms with van der Waals surface area (Å²) in [5, 5.41) is 3.24. The van der Waals surface area contributed by atoms with Crippen molar-refractivity contribution >= 4 is 16.9 Å². The molecule has 0 spiro atoms. The van der Waals surface area contributed by atoms with Gasteiger partial charge in [0.2, 0.25) is 0 Å². The lowest BCUT2D eigenvalue weighted by molar-refractivity contribution is 0.0400. The number of alkyl halides is 1. The van der Waals surface area contributed by atoms with Crippen molar-refractivity contribution in [2.45, 2.75) is 31.5 Å². The molecule has 0 atom stereocenters. The number of hydrogen-bond acceptors (Lipinski definition) is 6. The Kier molecular flexibility index (Phi) is 6.69. The monoisotopic (exact) mass is 534 g/mol. The first-order valence-corrected chi connectivity index (χ1v) is 13.0. The highest BCUT2D eigenvalue weighted by molar-refractivity contribution is 6.01. The second-order valence-electron chi connectivity index (χ2n) is 10.1. The molecule has 1 amide bonds. The zero-order valence-corrected chi connectivity index (χ0v) is 21.4. The van der Waals surface area contributed by atoms with E-state index < -0.39 is 17.9 Å². The van der Waals surface area contributed by atoms with Gasteiger partial charge in [-0.3, -0.25) is 9.59 Å². The van der Waals surface area contributed by atoms with Crippen LogP contribution < -0.4 is 10.9 Å². The summed E-state index contributed by atoms with van der Waals surface area (Å²) in [5.41, 5.74) is 3.49. The fourth-order valence-electron chi connectivity index (χ4n) is 4.82. The van der Waals surface area contributed by atoms with Gasteiger partial charge in [-0.25, -0.2) is 23.3 Å². The number of ether oxygens (including phenoxy) is 1. The lowest BCUT2D eigenvalue weighted by atomic mass is 9.97. The molecule has 0 unspecified atom stereocenters. The van der Waals surface area contributed by atoms with E-state index in [9.17, 15) is 18.4 Å². The molecule has 1 saturated heterocycles. The van der Waals surface area contributed by atoms with Gasteiger partial charge in [0, 0.05) is 37.5 Å². The maximum absolute atomic E-state index is 14.2. The van der Waals surface area contributed by atoms with Crippen LogP contribution in [0.2, 0.25) is 0 Å². The number of fused-ring (bicyclic) bond motifs is 1. The largest absolute Gasteiger partial charge is 0.383 e. The number of methoxy groups -OCH3 is 1. The molecule has 4 heterocycles. The first kappa shape index (κ1) is 25.3. The Balaban J connectivity index is 1.40. The predicted octanol–water partition coefficient (Wildman–Crippen LogP) is 3.32. The van der Waals surface area contributed by atoms with Crippen molar-refractivity contribution in [3.8, 4) is 16.9 Å². The maximum Gasteiger partial charge on any atom is 0.283 e. The highest BCUT2D eigenvalue weighted by atomic mass is 19.1. The summed E-state index contributed by atoms with van der Waals surface area (Å²) in [6.07, 6.45) is 2.32. The smallest absolute Gasteiger partial charge is 0.283 e. The van der Waals surface area contributed by atoms with Crippen LogP contribution in [-0.4, -0.2) is 69.8 Å². The molecule has 202 valence electrons. The SMILES string of the molecule is COCCNCc1cc2ncn(-c3cc(-c4ccc(F)cc4C(=O)N4CC(F)C4)cc(C4CC4)n3)c(=O)c2[nH]1. The Hall–Kier alpha value is -3.96. The van der Waals surface area contributed by atoms with Crippen LogP contribution in [0.4, 0.5) is 8.78 Å². The molecule has 2 aliphatic rings. The fourth-order valence-corrected chi connectivity index (χ4v) is 4.82. The highest BCUT2D eigenvalue weighted by Gasteiger charge is 2.33. The molecule has 4 aromatic rings. The molecule has 1 aliphatic heterocycles. The van der Waals surface area contributed by atoms with Gasteiger partial charge in [-0.2, -0.15) is 0 Å². The molecular formula is C28H28F2N6O3. The molecule has 6 rings (SSSR count). The van der Waals surface area contributed by atoms with E-state index in [0.717, 1.165) is 24.2 Å². The molecule has 11 heteroatoms. The number of aromatic amines is 1. The van der Waals surface area contributed by atoms with Crippen molar-refractivity contribution in [3.05, 3.63) is 75.8 Å². The van der Waals surface area contributed by atoms with E-state index >= 15 is 0 Å². The molecule has 9 nitrogen and oxygen atoms in total. The van der Waals surface area contributed by atoms with E-state index in [4.69, 9.17) is 9.72 Å². The summed E-state index contributed by atoms with van der Waals surface area (Å²) < 4.78 is 34.1. The van der Waals surface area contributed by atoms with Crippen molar-refractivity contribution in [2.24, 2.45) is 0 Å². The molecule has 39 heavy (non-hydrogen) atoms. The van der Waals surface area contributed by atoms with Gasteiger partial charge in [-0.05, 0) is 54.3 Å². The summed E-state index contributed by atoms with van der Waals surface area (Å²) in [5.74, 6) is -0.378.